The molecule has 0 spiro atoms. The van der Waals surface area contributed by atoms with E-state index in [1.165, 1.54) is 11.3 Å². The summed E-state index contributed by atoms with van der Waals surface area (Å²) in [6.07, 6.45) is 2.24. The zero-order valence-corrected chi connectivity index (χ0v) is 9.73. The molecule has 0 aromatic carbocycles. The molecule has 1 aliphatic carbocycles. The minimum absolute atomic E-state index is 0.0253. The van der Waals surface area contributed by atoms with Crippen molar-refractivity contribution in [1.29, 1.82) is 0 Å². The van der Waals surface area contributed by atoms with Crippen LogP contribution >= 0.6 is 11.3 Å². The molecule has 2 unspecified atom stereocenters. The Morgan fingerprint density at radius 1 is 1.73 bits per heavy atom. The van der Waals surface area contributed by atoms with Gasteiger partial charge in [-0.25, -0.2) is 4.98 Å². The average Bonchev–Trinajstić information content (AvgIpc) is 2.83. The van der Waals surface area contributed by atoms with E-state index in [1.54, 1.807) is 0 Å². The first-order valence-corrected chi connectivity index (χ1v) is 5.97. The second kappa shape index (κ2) is 3.81. The van der Waals surface area contributed by atoms with Crippen molar-refractivity contribution >= 4 is 22.4 Å². The van der Waals surface area contributed by atoms with Crippen LogP contribution in [0.1, 0.15) is 35.1 Å². The van der Waals surface area contributed by atoms with Crippen LogP contribution in [0.25, 0.3) is 0 Å². The first kappa shape index (κ1) is 10.4. The Hall–Kier alpha value is -1.10. The van der Waals surface area contributed by atoms with E-state index in [-0.39, 0.29) is 5.91 Å². The summed E-state index contributed by atoms with van der Waals surface area (Å²) >= 11 is 1.26. The molecule has 0 aliphatic heterocycles. The van der Waals surface area contributed by atoms with Gasteiger partial charge in [-0.15, -0.1) is 0 Å². The number of aromatic nitrogens is 1. The number of hydrogen-bond donors (Lipinski definition) is 2. The van der Waals surface area contributed by atoms with Gasteiger partial charge in [0.05, 0.1) is 5.69 Å². The molecule has 2 atom stereocenters. The van der Waals surface area contributed by atoms with Crippen molar-refractivity contribution in [2.45, 2.75) is 32.7 Å². The molecule has 1 aliphatic rings. The fourth-order valence-corrected chi connectivity index (χ4v) is 2.47. The van der Waals surface area contributed by atoms with Gasteiger partial charge in [0, 0.05) is 6.04 Å². The molecule has 82 valence electrons. The molecule has 3 N–H and O–H groups in total. The SMILES string of the molecule is CCC1CC1NC(=O)c1sc(N)nc1C. The number of nitrogens with zero attached hydrogens (tertiary/aromatic N) is 1. The Kier molecular flexibility index (Phi) is 2.65. The van der Waals surface area contributed by atoms with Gasteiger partial charge in [0.1, 0.15) is 4.88 Å². The molecule has 1 fully saturated rings. The predicted molar refractivity (Wildman–Crippen MR) is 60.9 cm³/mol. The van der Waals surface area contributed by atoms with Crippen LogP contribution in [0.15, 0.2) is 0 Å². The van der Waals surface area contributed by atoms with Crippen LogP contribution in [0.5, 0.6) is 0 Å². The molecule has 0 radical (unpaired) electrons. The van der Waals surface area contributed by atoms with Gasteiger partial charge in [-0.05, 0) is 19.3 Å². The summed E-state index contributed by atoms with van der Waals surface area (Å²) in [5.41, 5.74) is 6.27. The lowest BCUT2D eigenvalue weighted by Crippen LogP contribution is -2.26. The smallest absolute Gasteiger partial charge is 0.263 e. The molecule has 5 heteroatoms. The number of anilines is 1. The number of amides is 1. The van der Waals surface area contributed by atoms with Gasteiger partial charge >= 0.3 is 0 Å². The second-order valence-corrected chi connectivity index (χ2v) is 4.98. The van der Waals surface area contributed by atoms with Crippen LogP contribution in [-0.2, 0) is 0 Å². The van der Waals surface area contributed by atoms with Gasteiger partial charge in [0.25, 0.3) is 5.91 Å². The summed E-state index contributed by atoms with van der Waals surface area (Å²) in [6.45, 7) is 3.96. The summed E-state index contributed by atoms with van der Waals surface area (Å²) in [7, 11) is 0. The Balaban J connectivity index is 1.99. The lowest BCUT2D eigenvalue weighted by Gasteiger charge is -2.01. The van der Waals surface area contributed by atoms with E-state index in [0.717, 1.165) is 18.5 Å². The van der Waals surface area contributed by atoms with E-state index in [2.05, 4.69) is 17.2 Å². The van der Waals surface area contributed by atoms with Gasteiger partial charge < -0.3 is 11.1 Å². The topological polar surface area (TPSA) is 68.0 Å². The summed E-state index contributed by atoms with van der Waals surface area (Å²) in [5, 5.41) is 3.46. The predicted octanol–water partition coefficient (Wildman–Crippen LogP) is 1.56. The zero-order valence-electron chi connectivity index (χ0n) is 8.91. The third kappa shape index (κ3) is 2.12. The Labute approximate surface area is 92.9 Å². The maximum Gasteiger partial charge on any atom is 0.263 e. The van der Waals surface area contributed by atoms with E-state index < -0.39 is 0 Å². The molecule has 1 aromatic rings. The molecule has 4 nitrogen and oxygen atoms in total. The van der Waals surface area contributed by atoms with Crippen LogP contribution in [-0.4, -0.2) is 16.9 Å². The molecule has 2 rings (SSSR count). The highest BCUT2D eigenvalue weighted by Gasteiger charge is 2.37. The Morgan fingerprint density at radius 2 is 2.47 bits per heavy atom. The van der Waals surface area contributed by atoms with Gasteiger partial charge in [0.15, 0.2) is 5.13 Å². The third-order valence-electron chi connectivity index (χ3n) is 2.78. The third-order valence-corrected chi connectivity index (χ3v) is 3.77. The van der Waals surface area contributed by atoms with Gasteiger partial charge in [-0.2, -0.15) is 0 Å². The molecular formula is C10H15N3OS. The number of nitrogens with two attached hydrogens (primary N) is 1. The van der Waals surface area contributed by atoms with Crippen molar-refractivity contribution < 1.29 is 4.79 Å². The molecule has 0 saturated heterocycles. The van der Waals surface area contributed by atoms with Crippen molar-refractivity contribution in [3.8, 4) is 0 Å². The monoisotopic (exact) mass is 225 g/mol. The molecule has 0 bridgehead atoms. The zero-order chi connectivity index (χ0) is 11.0. The van der Waals surface area contributed by atoms with Crippen molar-refractivity contribution in [3.05, 3.63) is 10.6 Å². The maximum absolute atomic E-state index is 11.8. The standard InChI is InChI=1S/C10H15N3OS/c1-3-6-4-7(6)13-9(14)8-5(2)12-10(11)15-8/h6-7H,3-4H2,1-2H3,(H2,11,12)(H,13,14). The van der Waals surface area contributed by atoms with Crippen molar-refractivity contribution in [1.82, 2.24) is 10.3 Å². The number of rotatable bonds is 3. The summed E-state index contributed by atoms with van der Waals surface area (Å²) in [5.74, 6) is 0.641. The van der Waals surface area contributed by atoms with Gasteiger partial charge in [0.2, 0.25) is 0 Å². The van der Waals surface area contributed by atoms with Crippen LogP contribution in [0.4, 0.5) is 5.13 Å². The van der Waals surface area contributed by atoms with Gasteiger partial charge in [-0.3, -0.25) is 4.79 Å². The number of nitrogen functional groups attached to an aromatic ring is 1. The molecular weight excluding hydrogens is 210 g/mol. The Bertz CT molecular complexity index is 388. The molecule has 1 aromatic heterocycles. The second-order valence-electron chi connectivity index (χ2n) is 3.95. The lowest BCUT2D eigenvalue weighted by atomic mass is 10.3. The molecule has 1 heterocycles. The summed E-state index contributed by atoms with van der Waals surface area (Å²) in [6, 6.07) is 0.366. The Morgan fingerprint density at radius 3 is 2.93 bits per heavy atom. The number of nitrogens with one attached hydrogen (secondary N) is 1. The fraction of sp³-hybridized carbons (Fsp3) is 0.600. The number of aryl methyl sites for hydroxylation is 1. The average molecular weight is 225 g/mol. The highest BCUT2D eigenvalue weighted by Crippen LogP contribution is 2.33. The van der Waals surface area contributed by atoms with E-state index in [9.17, 15) is 4.79 Å². The van der Waals surface area contributed by atoms with E-state index in [0.29, 0.717) is 22.0 Å². The number of carbonyl (C=O) groups is 1. The molecule has 1 saturated carbocycles. The van der Waals surface area contributed by atoms with Gasteiger partial charge in [-0.1, -0.05) is 24.7 Å². The normalized spacial score (nSPS) is 23.9. The fourth-order valence-electron chi connectivity index (χ4n) is 1.74. The highest BCUT2D eigenvalue weighted by molar-refractivity contribution is 7.17. The lowest BCUT2D eigenvalue weighted by molar-refractivity contribution is 0.0952. The minimum Gasteiger partial charge on any atom is -0.375 e. The van der Waals surface area contributed by atoms with E-state index >= 15 is 0 Å². The van der Waals surface area contributed by atoms with Crippen molar-refractivity contribution in [3.63, 3.8) is 0 Å². The van der Waals surface area contributed by atoms with E-state index in [1.807, 2.05) is 6.92 Å². The number of hydrogen-bond acceptors (Lipinski definition) is 4. The first-order valence-electron chi connectivity index (χ1n) is 5.15. The van der Waals surface area contributed by atoms with Crippen LogP contribution in [0, 0.1) is 12.8 Å². The quantitative estimate of drug-likeness (QED) is 0.820. The van der Waals surface area contributed by atoms with E-state index in [4.69, 9.17) is 5.73 Å². The first-order chi connectivity index (χ1) is 7.11. The number of thiazole rings is 1. The maximum atomic E-state index is 11.8. The summed E-state index contributed by atoms with van der Waals surface area (Å²) < 4.78 is 0. The molecule has 15 heavy (non-hydrogen) atoms. The highest BCUT2D eigenvalue weighted by atomic mass is 32.1. The van der Waals surface area contributed by atoms with Crippen molar-refractivity contribution in [2.75, 3.05) is 5.73 Å². The van der Waals surface area contributed by atoms with Crippen LogP contribution in [0.3, 0.4) is 0 Å². The number of carbonyl (C=O) groups excluding carboxylic acids is 1. The minimum atomic E-state index is -0.0253. The van der Waals surface area contributed by atoms with Crippen LogP contribution in [0.2, 0.25) is 0 Å². The summed E-state index contributed by atoms with van der Waals surface area (Å²) in [4.78, 5) is 16.5. The van der Waals surface area contributed by atoms with Crippen LogP contribution < -0.4 is 11.1 Å². The van der Waals surface area contributed by atoms with Crippen molar-refractivity contribution in [2.24, 2.45) is 5.92 Å². The largest absolute Gasteiger partial charge is 0.375 e. The molecule has 1 amide bonds.